The van der Waals surface area contributed by atoms with Gasteiger partial charge >= 0.3 is 0 Å². The maximum absolute atomic E-state index is 11.7. The van der Waals surface area contributed by atoms with Crippen LogP contribution in [0.3, 0.4) is 0 Å². The van der Waals surface area contributed by atoms with Crippen molar-refractivity contribution in [3.05, 3.63) is 32.8 Å². The quantitative estimate of drug-likeness (QED) is 0.738. The van der Waals surface area contributed by atoms with Crippen molar-refractivity contribution in [2.45, 2.75) is 20.8 Å². The Bertz CT molecular complexity index is 372. The number of ketones is 1. The third kappa shape index (κ3) is 2.18. The molecule has 1 nitrogen and oxygen atoms in total. The van der Waals surface area contributed by atoms with E-state index < -0.39 is 0 Å². The van der Waals surface area contributed by atoms with Crippen LogP contribution in [-0.2, 0) is 0 Å². The van der Waals surface area contributed by atoms with Gasteiger partial charge in [0.05, 0.1) is 5.02 Å². The fourth-order valence-corrected chi connectivity index (χ4v) is 1.87. The predicted molar refractivity (Wildman–Crippen MR) is 63.1 cm³/mol. The van der Waals surface area contributed by atoms with E-state index >= 15 is 0 Å². The predicted octanol–water partition coefficient (Wildman–Crippen LogP) is 4.25. The molecular weight excluding hydrogens is 263 g/mol. The lowest BCUT2D eigenvalue weighted by Gasteiger charge is -2.09. The van der Waals surface area contributed by atoms with Gasteiger partial charge in [-0.15, -0.1) is 0 Å². The van der Waals surface area contributed by atoms with Gasteiger partial charge in [0.1, 0.15) is 0 Å². The smallest absolute Gasteiger partial charge is 0.166 e. The van der Waals surface area contributed by atoms with Crippen molar-refractivity contribution in [1.82, 2.24) is 0 Å². The summed E-state index contributed by atoms with van der Waals surface area (Å²) in [4.78, 5) is 11.7. The lowest BCUT2D eigenvalue weighted by Crippen LogP contribution is -2.08. The van der Waals surface area contributed by atoms with Crippen LogP contribution in [-0.4, -0.2) is 5.78 Å². The summed E-state index contributed by atoms with van der Waals surface area (Å²) >= 11 is 9.46. The van der Waals surface area contributed by atoms with Crippen LogP contribution in [0, 0.1) is 12.8 Å². The highest BCUT2D eigenvalue weighted by atomic mass is 79.9. The number of Topliss-reactive ketones (excluding diaryl/α,β-unsaturated/α-hetero) is 1. The molecule has 0 N–H and O–H groups in total. The van der Waals surface area contributed by atoms with Gasteiger partial charge in [0.2, 0.25) is 0 Å². The van der Waals surface area contributed by atoms with Gasteiger partial charge in [-0.1, -0.05) is 41.4 Å². The molecule has 1 rings (SSSR count). The molecule has 3 heteroatoms. The Hall–Kier alpha value is -0.340. The molecule has 0 unspecified atom stereocenters. The Morgan fingerprint density at radius 3 is 2.50 bits per heavy atom. The molecule has 0 aliphatic carbocycles. The Labute approximate surface area is 97.6 Å². The van der Waals surface area contributed by atoms with Crippen LogP contribution in [0.25, 0.3) is 0 Å². The third-order valence-corrected chi connectivity index (χ3v) is 3.46. The largest absolute Gasteiger partial charge is 0.294 e. The zero-order valence-electron chi connectivity index (χ0n) is 8.40. The number of halogens is 2. The minimum atomic E-state index is -0.0203. The summed E-state index contributed by atoms with van der Waals surface area (Å²) in [6.07, 6.45) is 0. The van der Waals surface area contributed by atoms with E-state index in [4.69, 9.17) is 11.6 Å². The minimum Gasteiger partial charge on any atom is -0.294 e. The average Bonchev–Trinajstić information content (AvgIpc) is 2.13. The van der Waals surface area contributed by atoms with Crippen molar-refractivity contribution < 1.29 is 4.79 Å². The van der Waals surface area contributed by atoms with Crippen molar-refractivity contribution in [3.8, 4) is 0 Å². The minimum absolute atomic E-state index is 0.0203. The SMILES string of the molecule is Cc1c(Br)ccc(C(=O)C(C)C)c1Cl. The maximum Gasteiger partial charge on any atom is 0.166 e. The van der Waals surface area contributed by atoms with E-state index in [1.165, 1.54) is 0 Å². The first-order valence-corrected chi connectivity index (χ1v) is 5.61. The molecule has 0 fully saturated rings. The number of benzene rings is 1. The molecule has 0 aliphatic rings. The third-order valence-electron chi connectivity index (χ3n) is 2.11. The van der Waals surface area contributed by atoms with E-state index in [0.29, 0.717) is 10.6 Å². The fourth-order valence-electron chi connectivity index (χ4n) is 1.16. The number of hydrogen-bond acceptors (Lipinski definition) is 1. The van der Waals surface area contributed by atoms with Gasteiger partial charge in [-0.25, -0.2) is 0 Å². The maximum atomic E-state index is 11.7. The van der Waals surface area contributed by atoms with Gasteiger partial charge in [0.25, 0.3) is 0 Å². The highest BCUT2D eigenvalue weighted by Crippen LogP contribution is 2.28. The van der Waals surface area contributed by atoms with Gasteiger partial charge in [-0.2, -0.15) is 0 Å². The summed E-state index contributed by atoms with van der Waals surface area (Å²) in [5.41, 5.74) is 1.53. The Kier molecular flexibility index (Phi) is 3.73. The van der Waals surface area contributed by atoms with E-state index in [9.17, 15) is 4.79 Å². The van der Waals surface area contributed by atoms with Crippen LogP contribution >= 0.6 is 27.5 Å². The van der Waals surface area contributed by atoms with E-state index in [1.807, 2.05) is 26.8 Å². The molecule has 0 spiro atoms. The number of hydrogen-bond donors (Lipinski definition) is 0. The molecule has 1 aromatic carbocycles. The number of carbonyl (C=O) groups is 1. The zero-order valence-corrected chi connectivity index (χ0v) is 10.7. The van der Waals surface area contributed by atoms with Crippen LogP contribution in [0.15, 0.2) is 16.6 Å². The van der Waals surface area contributed by atoms with E-state index in [0.717, 1.165) is 10.0 Å². The average molecular weight is 276 g/mol. The van der Waals surface area contributed by atoms with Gasteiger partial charge in [0, 0.05) is 16.0 Å². The molecule has 0 heterocycles. The zero-order chi connectivity index (χ0) is 10.9. The van der Waals surface area contributed by atoms with Gasteiger partial charge in [0.15, 0.2) is 5.78 Å². The standard InChI is InChI=1S/C11H12BrClO/c1-6(2)11(14)8-4-5-9(12)7(3)10(8)13/h4-6H,1-3H3. The van der Waals surface area contributed by atoms with Crippen molar-refractivity contribution in [2.24, 2.45) is 5.92 Å². The van der Waals surface area contributed by atoms with Crippen molar-refractivity contribution >= 4 is 33.3 Å². The van der Waals surface area contributed by atoms with Crippen LogP contribution < -0.4 is 0 Å². The first kappa shape index (κ1) is 11.7. The second kappa shape index (κ2) is 4.45. The fraction of sp³-hybridized carbons (Fsp3) is 0.364. The van der Waals surface area contributed by atoms with Gasteiger partial charge < -0.3 is 0 Å². The van der Waals surface area contributed by atoms with E-state index in [1.54, 1.807) is 6.07 Å². The molecule has 0 saturated carbocycles. The highest BCUT2D eigenvalue weighted by Gasteiger charge is 2.16. The van der Waals surface area contributed by atoms with Crippen LogP contribution in [0.4, 0.5) is 0 Å². The van der Waals surface area contributed by atoms with Crippen LogP contribution in [0.1, 0.15) is 29.8 Å². The van der Waals surface area contributed by atoms with Gasteiger partial charge in [-0.3, -0.25) is 4.79 Å². The molecule has 14 heavy (non-hydrogen) atoms. The molecule has 0 amide bonds. The molecule has 0 bridgehead atoms. The highest BCUT2D eigenvalue weighted by molar-refractivity contribution is 9.10. The summed E-state index contributed by atoms with van der Waals surface area (Å²) in [5, 5.41) is 0.554. The Morgan fingerprint density at radius 2 is 2.00 bits per heavy atom. The van der Waals surface area contributed by atoms with Gasteiger partial charge in [-0.05, 0) is 24.6 Å². The molecule has 0 radical (unpaired) electrons. The van der Waals surface area contributed by atoms with E-state index in [-0.39, 0.29) is 11.7 Å². The van der Waals surface area contributed by atoms with Crippen molar-refractivity contribution in [2.75, 3.05) is 0 Å². The van der Waals surface area contributed by atoms with Crippen molar-refractivity contribution in [1.29, 1.82) is 0 Å². The molecule has 0 saturated heterocycles. The second-order valence-corrected chi connectivity index (χ2v) is 4.79. The number of rotatable bonds is 2. The first-order valence-electron chi connectivity index (χ1n) is 4.44. The lowest BCUT2D eigenvalue weighted by atomic mass is 9.99. The molecule has 1 aromatic rings. The monoisotopic (exact) mass is 274 g/mol. The summed E-state index contributed by atoms with van der Waals surface area (Å²) in [5.74, 6) is 0.0682. The molecule has 0 aliphatic heterocycles. The molecular formula is C11H12BrClO. The summed E-state index contributed by atoms with van der Waals surface area (Å²) < 4.78 is 0.933. The molecule has 76 valence electrons. The van der Waals surface area contributed by atoms with E-state index in [2.05, 4.69) is 15.9 Å². The van der Waals surface area contributed by atoms with Crippen LogP contribution in [0.2, 0.25) is 5.02 Å². The molecule has 0 atom stereocenters. The van der Waals surface area contributed by atoms with Crippen LogP contribution in [0.5, 0.6) is 0 Å². The topological polar surface area (TPSA) is 17.1 Å². The summed E-state index contributed by atoms with van der Waals surface area (Å²) in [7, 11) is 0. The number of carbonyl (C=O) groups excluding carboxylic acids is 1. The first-order chi connectivity index (χ1) is 6.45. The summed E-state index contributed by atoms with van der Waals surface area (Å²) in [6.45, 7) is 5.63. The Balaban J connectivity index is 3.24. The lowest BCUT2D eigenvalue weighted by molar-refractivity contribution is 0.0939. The Morgan fingerprint density at radius 1 is 1.43 bits per heavy atom. The van der Waals surface area contributed by atoms with Crippen molar-refractivity contribution in [3.63, 3.8) is 0 Å². The normalized spacial score (nSPS) is 10.7. The summed E-state index contributed by atoms with van der Waals surface area (Å²) in [6, 6.07) is 3.62. The molecule has 0 aromatic heterocycles. The second-order valence-electron chi connectivity index (χ2n) is 3.55.